The maximum Gasteiger partial charge on any atom is 0.0365 e. The van der Waals surface area contributed by atoms with Crippen molar-refractivity contribution in [2.24, 2.45) is 16.7 Å². The van der Waals surface area contributed by atoms with Crippen molar-refractivity contribution in [3.63, 3.8) is 0 Å². The van der Waals surface area contributed by atoms with Crippen LogP contribution in [0.15, 0.2) is 16.8 Å². The highest BCUT2D eigenvalue weighted by Crippen LogP contribution is 2.72. The van der Waals surface area contributed by atoms with E-state index in [0.717, 1.165) is 5.92 Å². The smallest absolute Gasteiger partial charge is 0.0365 e. The summed E-state index contributed by atoms with van der Waals surface area (Å²) in [5.41, 5.74) is 2.34. The fourth-order valence-corrected chi connectivity index (χ4v) is 3.76. The zero-order valence-corrected chi connectivity index (χ0v) is 11.1. The molecule has 2 heteroatoms. The third-order valence-corrected chi connectivity index (χ3v) is 5.38. The summed E-state index contributed by atoms with van der Waals surface area (Å²) in [5.74, 6) is 0.740. The normalized spacial score (nSPS) is 25.1. The highest BCUT2D eigenvalue weighted by Gasteiger charge is 2.67. The van der Waals surface area contributed by atoms with E-state index in [0.29, 0.717) is 16.9 Å². The fourth-order valence-electron chi connectivity index (χ4n) is 3.06. The van der Waals surface area contributed by atoms with Crippen LogP contribution in [0.1, 0.15) is 39.3 Å². The van der Waals surface area contributed by atoms with Crippen LogP contribution in [-0.4, -0.2) is 7.05 Å². The van der Waals surface area contributed by atoms with Crippen LogP contribution in [-0.2, 0) is 0 Å². The number of nitrogens with one attached hydrogen (secondary N) is 1. The van der Waals surface area contributed by atoms with Gasteiger partial charge >= 0.3 is 0 Å². The molecular formula is C13H21NS. The van der Waals surface area contributed by atoms with Crippen molar-refractivity contribution in [3.8, 4) is 0 Å². The first-order valence-electron chi connectivity index (χ1n) is 5.62. The number of thiophene rings is 1. The van der Waals surface area contributed by atoms with E-state index in [9.17, 15) is 0 Å². The third-order valence-electron chi connectivity index (χ3n) is 4.68. The lowest BCUT2D eigenvalue weighted by atomic mass is 9.99. The second-order valence-electron chi connectivity index (χ2n) is 5.74. The lowest BCUT2D eigenvalue weighted by molar-refractivity contribution is 0.439. The molecule has 1 N–H and O–H groups in total. The molecule has 0 spiro atoms. The minimum Gasteiger partial charge on any atom is -0.313 e. The SMILES string of the molecule is CNC(c1ccsc1)C1C(C)(C)C1(C)C. The van der Waals surface area contributed by atoms with Crippen LogP contribution < -0.4 is 5.32 Å². The van der Waals surface area contributed by atoms with Crippen LogP contribution in [0, 0.1) is 16.7 Å². The maximum atomic E-state index is 3.48. The van der Waals surface area contributed by atoms with Crippen LogP contribution >= 0.6 is 11.3 Å². The topological polar surface area (TPSA) is 12.0 Å². The summed E-state index contributed by atoms with van der Waals surface area (Å²) in [6.07, 6.45) is 0. The first kappa shape index (κ1) is 11.2. The molecule has 1 atom stereocenters. The van der Waals surface area contributed by atoms with Gasteiger partial charge in [-0.15, -0.1) is 0 Å². The molecule has 1 aliphatic rings. The molecule has 1 nitrogen and oxygen atoms in total. The van der Waals surface area contributed by atoms with E-state index in [1.54, 1.807) is 11.3 Å². The van der Waals surface area contributed by atoms with E-state index in [2.05, 4.69) is 56.9 Å². The fraction of sp³-hybridized carbons (Fsp3) is 0.692. The van der Waals surface area contributed by atoms with Crippen molar-refractivity contribution in [3.05, 3.63) is 22.4 Å². The molecule has 15 heavy (non-hydrogen) atoms. The van der Waals surface area contributed by atoms with Gasteiger partial charge in [0.15, 0.2) is 0 Å². The van der Waals surface area contributed by atoms with Crippen LogP contribution in [0.4, 0.5) is 0 Å². The molecule has 1 fully saturated rings. The van der Waals surface area contributed by atoms with Gasteiger partial charge in [-0.25, -0.2) is 0 Å². The monoisotopic (exact) mass is 223 g/mol. The highest BCUT2D eigenvalue weighted by atomic mass is 32.1. The van der Waals surface area contributed by atoms with Crippen LogP contribution in [0.3, 0.4) is 0 Å². The summed E-state index contributed by atoms with van der Waals surface area (Å²) < 4.78 is 0. The number of rotatable bonds is 3. The van der Waals surface area contributed by atoms with Gasteiger partial charge in [0.1, 0.15) is 0 Å². The zero-order valence-electron chi connectivity index (χ0n) is 10.3. The number of hydrogen-bond acceptors (Lipinski definition) is 2. The second kappa shape index (κ2) is 3.33. The average Bonchev–Trinajstić information content (AvgIpc) is 2.63. The molecule has 84 valence electrons. The van der Waals surface area contributed by atoms with Crippen molar-refractivity contribution in [2.45, 2.75) is 33.7 Å². The molecule has 1 unspecified atom stereocenters. The Labute approximate surface area is 96.9 Å². The lowest BCUT2D eigenvalue weighted by Crippen LogP contribution is -2.20. The lowest BCUT2D eigenvalue weighted by Gasteiger charge is -2.17. The Kier molecular flexibility index (Phi) is 2.47. The van der Waals surface area contributed by atoms with E-state index in [4.69, 9.17) is 0 Å². The molecule has 1 aromatic heterocycles. The summed E-state index contributed by atoms with van der Waals surface area (Å²) in [7, 11) is 2.08. The molecule has 2 rings (SSSR count). The largest absolute Gasteiger partial charge is 0.313 e. The molecule has 1 aliphatic carbocycles. The second-order valence-corrected chi connectivity index (χ2v) is 6.52. The van der Waals surface area contributed by atoms with Gasteiger partial charge in [0.25, 0.3) is 0 Å². The standard InChI is InChI=1S/C13H21NS/c1-12(2)11(13(12,3)4)10(14-5)9-6-7-15-8-9/h6-8,10-11,14H,1-5H3. The van der Waals surface area contributed by atoms with Crippen molar-refractivity contribution >= 4 is 11.3 Å². The average molecular weight is 223 g/mol. The molecule has 1 saturated carbocycles. The Morgan fingerprint density at radius 3 is 2.20 bits per heavy atom. The summed E-state index contributed by atoms with van der Waals surface area (Å²) in [6, 6.07) is 2.76. The van der Waals surface area contributed by atoms with E-state index in [-0.39, 0.29) is 0 Å². The van der Waals surface area contributed by atoms with E-state index < -0.39 is 0 Å². The van der Waals surface area contributed by atoms with Gasteiger partial charge in [-0.3, -0.25) is 0 Å². The van der Waals surface area contributed by atoms with Gasteiger partial charge in [0, 0.05) is 6.04 Å². The molecule has 1 heterocycles. The van der Waals surface area contributed by atoms with Crippen LogP contribution in [0.2, 0.25) is 0 Å². The molecular weight excluding hydrogens is 202 g/mol. The van der Waals surface area contributed by atoms with Gasteiger partial charge in [-0.05, 0) is 46.2 Å². The molecule has 0 amide bonds. The van der Waals surface area contributed by atoms with Gasteiger partial charge in [-0.2, -0.15) is 11.3 Å². The zero-order chi connectivity index (χ0) is 11.3. The predicted octanol–water partition coefficient (Wildman–Crippen LogP) is 3.69. The molecule has 1 aromatic rings. The van der Waals surface area contributed by atoms with Crippen molar-refractivity contribution in [1.29, 1.82) is 0 Å². The van der Waals surface area contributed by atoms with Crippen LogP contribution in [0.25, 0.3) is 0 Å². The number of hydrogen-bond donors (Lipinski definition) is 1. The Morgan fingerprint density at radius 1 is 1.27 bits per heavy atom. The molecule has 0 bridgehead atoms. The Balaban J connectivity index is 2.25. The summed E-state index contributed by atoms with van der Waals surface area (Å²) >= 11 is 1.79. The first-order chi connectivity index (χ1) is 6.93. The summed E-state index contributed by atoms with van der Waals surface area (Å²) in [4.78, 5) is 0. The van der Waals surface area contributed by atoms with Crippen molar-refractivity contribution in [1.82, 2.24) is 5.32 Å². The first-order valence-corrected chi connectivity index (χ1v) is 6.56. The van der Waals surface area contributed by atoms with E-state index in [1.165, 1.54) is 5.56 Å². The van der Waals surface area contributed by atoms with E-state index in [1.807, 2.05) is 0 Å². The Bertz CT molecular complexity index is 323. The molecule has 0 radical (unpaired) electrons. The molecule has 0 aliphatic heterocycles. The van der Waals surface area contributed by atoms with Crippen LogP contribution in [0.5, 0.6) is 0 Å². The van der Waals surface area contributed by atoms with E-state index >= 15 is 0 Å². The maximum absolute atomic E-state index is 3.48. The predicted molar refractivity (Wildman–Crippen MR) is 67.2 cm³/mol. The molecule has 0 saturated heterocycles. The van der Waals surface area contributed by atoms with Gasteiger partial charge < -0.3 is 5.32 Å². The Hall–Kier alpha value is -0.340. The summed E-state index contributed by atoms with van der Waals surface area (Å²) in [5, 5.41) is 7.92. The minimum atomic E-state index is 0.447. The highest BCUT2D eigenvalue weighted by molar-refractivity contribution is 7.07. The Morgan fingerprint density at radius 2 is 1.87 bits per heavy atom. The van der Waals surface area contributed by atoms with Gasteiger partial charge in [0.2, 0.25) is 0 Å². The molecule has 0 aromatic carbocycles. The van der Waals surface area contributed by atoms with Crippen molar-refractivity contribution in [2.75, 3.05) is 7.05 Å². The van der Waals surface area contributed by atoms with Gasteiger partial charge in [0.05, 0.1) is 0 Å². The quantitative estimate of drug-likeness (QED) is 0.824. The third kappa shape index (κ3) is 1.46. The minimum absolute atomic E-state index is 0.447. The van der Waals surface area contributed by atoms with Gasteiger partial charge in [-0.1, -0.05) is 27.7 Å². The summed E-state index contributed by atoms with van der Waals surface area (Å²) in [6.45, 7) is 9.53. The van der Waals surface area contributed by atoms with Crippen molar-refractivity contribution < 1.29 is 0 Å².